The average Bonchev–Trinajstić information content (AvgIpc) is 3.07. The summed E-state index contributed by atoms with van der Waals surface area (Å²) in [7, 11) is 0. The van der Waals surface area contributed by atoms with Crippen LogP contribution in [0.15, 0.2) is 23.3 Å². The summed E-state index contributed by atoms with van der Waals surface area (Å²) in [6.07, 6.45) is 11.9. The molecular formula is C19H28N2O2. The van der Waals surface area contributed by atoms with Crippen LogP contribution in [0.1, 0.15) is 68.1 Å². The number of hydrogen-bond acceptors (Lipinski definition) is 3. The molecule has 1 aliphatic heterocycles. The summed E-state index contributed by atoms with van der Waals surface area (Å²) in [6.45, 7) is 2.90. The highest BCUT2D eigenvalue weighted by atomic mass is 16.5. The number of ether oxygens (including phenoxy) is 1. The van der Waals surface area contributed by atoms with Crippen LogP contribution >= 0.6 is 0 Å². The molecule has 1 unspecified atom stereocenters. The van der Waals surface area contributed by atoms with E-state index in [2.05, 4.69) is 6.92 Å². The number of hydrogen-bond donors (Lipinski definition) is 0. The van der Waals surface area contributed by atoms with Crippen molar-refractivity contribution in [1.29, 1.82) is 0 Å². The first-order valence-electron chi connectivity index (χ1n) is 9.10. The molecule has 0 N–H and O–H groups in total. The SMILES string of the molecule is Cc1ccn(C(=O)CCC2CCCO2)c(=NC2CCCCC2)c1. The molecule has 4 heteroatoms. The van der Waals surface area contributed by atoms with Crippen LogP contribution in [0.2, 0.25) is 0 Å². The summed E-state index contributed by atoms with van der Waals surface area (Å²) in [6, 6.07) is 4.41. The molecular weight excluding hydrogens is 288 g/mol. The highest BCUT2D eigenvalue weighted by Gasteiger charge is 2.18. The Morgan fingerprint density at radius 1 is 1.26 bits per heavy atom. The molecule has 2 fully saturated rings. The standard InChI is InChI=1S/C19H28N2O2/c1-15-11-12-21(19(22)10-9-17-8-5-13-23-17)18(14-15)20-16-6-3-2-4-7-16/h11-12,14,16-17H,2-10,13H2,1H3. The maximum Gasteiger partial charge on any atom is 0.232 e. The minimum atomic E-state index is 0.134. The number of rotatable bonds is 4. The molecule has 0 bridgehead atoms. The van der Waals surface area contributed by atoms with E-state index in [0.717, 1.165) is 49.8 Å². The lowest BCUT2D eigenvalue weighted by Gasteiger charge is -2.18. The van der Waals surface area contributed by atoms with Crippen molar-refractivity contribution in [3.63, 3.8) is 0 Å². The fourth-order valence-corrected chi connectivity index (χ4v) is 3.57. The zero-order chi connectivity index (χ0) is 16.1. The van der Waals surface area contributed by atoms with Crippen molar-refractivity contribution in [2.24, 2.45) is 4.99 Å². The van der Waals surface area contributed by atoms with E-state index < -0.39 is 0 Å². The Bertz CT molecular complexity index is 594. The van der Waals surface area contributed by atoms with Gasteiger partial charge >= 0.3 is 0 Å². The lowest BCUT2D eigenvalue weighted by Crippen LogP contribution is -2.29. The minimum Gasteiger partial charge on any atom is -0.378 e. The molecule has 126 valence electrons. The maximum absolute atomic E-state index is 12.6. The second kappa shape index (κ2) is 7.91. The van der Waals surface area contributed by atoms with Crippen molar-refractivity contribution in [2.75, 3.05) is 6.61 Å². The predicted molar refractivity (Wildman–Crippen MR) is 90.4 cm³/mol. The number of carbonyl (C=O) groups excluding carboxylic acids is 1. The Morgan fingerprint density at radius 3 is 2.83 bits per heavy atom. The van der Waals surface area contributed by atoms with Crippen LogP contribution in [0, 0.1) is 6.92 Å². The van der Waals surface area contributed by atoms with E-state index in [1.165, 1.54) is 19.3 Å². The van der Waals surface area contributed by atoms with Gasteiger partial charge in [-0.1, -0.05) is 19.3 Å². The van der Waals surface area contributed by atoms with E-state index in [1.807, 2.05) is 18.3 Å². The van der Waals surface area contributed by atoms with Crippen molar-refractivity contribution in [3.8, 4) is 0 Å². The molecule has 1 aromatic rings. The summed E-state index contributed by atoms with van der Waals surface area (Å²) >= 11 is 0. The van der Waals surface area contributed by atoms with Gasteiger partial charge in [0.15, 0.2) is 0 Å². The van der Waals surface area contributed by atoms with Crippen LogP contribution in [0.4, 0.5) is 0 Å². The van der Waals surface area contributed by atoms with Crippen molar-refractivity contribution in [1.82, 2.24) is 4.57 Å². The third kappa shape index (κ3) is 4.54. The van der Waals surface area contributed by atoms with Gasteiger partial charge in [-0.2, -0.15) is 0 Å². The van der Waals surface area contributed by atoms with Gasteiger partial charge in [0.05, 0.1) is 12.1 Å². The number of pyridine rings is 1. The van der Waals surface area contributed by atoms with E-state index in [9.17, 15) is 4.79 Å². The number of aryl methyl sites for hydroxylation is 1. The molecule has 1 aromatic heterocycles. The first-order chi connectivity index (χ1) is 11.2. The second-order valence-corrected chi connectivity index (χ2v) is 6.92. The Kier molecular flexibility index (Phi) is 5.65. The Morgan fingerprint density at radius 2 is 2.09 bits per heavy atom. The molecule has 0 amide bonds. The smallest absolute Gasteiger partial charge is 0.232 e. The summed E-state index contributed by atoms with van der Waals surface area (Å²) in [5, 5.41) is 0. The lowest BCUT2D eigenvalue weighted by atomic mass is 9.96. The van der Waals surface area contributed by atoms with E-state index >= 15 is 0 Å². The molecule has 1 atom stereocenters. The van der Waals surface area contributed by atoms with Gasteiger partial charge in [-0.15, -0.1) is 0 Å². The topological polar surface area (TPSA) is 43.6 Å². The van der Waals surface area contributed by atoms with Gasteiger partial charge in [0.1, 0.15) is 5.49 Å². The van der Waals surface area contributed by atoms with Crippen LogP contribution in [-0.4, -0.2) is 29.2 Å². The Labute approximate surface area is 138 Å². The van der Waals surface area contributed by atoms with E-state index in [-0.39, 0.29) is 12.0 Å². The fourth-order valence-electron chi connectivity index (χ4n) is 3.57. The van der Waals surface area contributed by atoms with Gasteiger partial charge in [0.2, 0.25) is 5.91 Å². The monoisotopic (exact) mass is 316 g/mol. The van der Waals surface area contributed by atoms with Crippen molar-refractivity contribution in [2.45, 2.75) is 76.9 Å². The lowest BCUT2D eigenvalue weighted by molar-refractivity contribution is 0.0793. The zero-order valence-corrected chi connectivity index (χ0v) is 14.2. The summed E-state index contributed by atoms with van der Waals surface area (Å²) in [5.41, 5.74) is 1.98. The van der Waals surface area contributed by atoms with Crippen LogP contribution in [0.5, 0.6) is 0 Å². The summed E-state index contributed by atoms with van der Waals surface area (Å²) in [4.78, 5) is 17.5. The van der Waals surface area contributed by atoms with Crippen LogP contribution in [0.25, 0.3) is 0 Å². The maximum atomic E-state index is 12.6. The molecule has 2 heterocycles. The third-order valence-electron chi connectivity index (χ3n) is 4.95. The highest BCUT2D eigenvalue weighted by Crippen LogP contribution is 2.20. The van der Waals surface area contributed by atoms with Gasteiger partial charge < -0.3 is 4.74 Å². The van der Waals surface area contributed by atoms with E-state index in [4.69, 9.17) is 9.73 Å². The zero-order valence-electron chi connectivity index (χ0n) is 14.2. The normalized spacial score (nSPS) is 23.3. The average molecular weight is 316 g/mol. The quantitative estimate of drug-likeness (QED) is 0.851. The van der Waals surface area contributed by atoms with Gasteiger partial charge in [0, 0.05) is 19.2 Å². The number of aromatic nitrogens is 1. The Balaban J connectivity index is 1.74. The van der Waals surface area contributed by atoms with Crippen molar-refractivity contribution >= 4 is 5.91 Å². The summed E-state index contributed by atoms with van der Waals surface area (Å²) < 4.78 is 7.37. The molecule has 0 radical (unpaired) electrons. The molecule has 3 rings (SSSR count). The predicted octanol–water partition coefficient (Wildman–Crippen LogP) is 3.63. The van der Waals surface area contributed by atoms with Gasteiger partial charge in [0.25, 0.3) is 0 Å². The largest absolute Gasteiger partial charge is 0.378 e. The van der Waals surface area contributed by atoms with E-state index in [1.54, 1.807) is 4.57 Å². The van der Waals surface area contributed by atoms with Crippen LogP contribution in [0.3, 0.4) is 0 Å². The van der Waals surface area contributed by atoms with Gasteiger partial charge in [-0.25, -0.2) is 0 Å². The van der Waals surface area contributed by atoms with Crippen molar-refractivity contribution in [3.05, 3.63) is 29.4 Å². The molecule has 1 aliphatic carbocycles. The van der Waals surface area contributed by atoms with E-state index in [0.29, 0.717) is 12.5 Å². The second-order valence-electron chi connectivity index (χ2n) is 6.92. The van der Waals surface area contributed by atoms with Crippen molar-refractivity contribution < 1.29 is 9.53 Å². The van der Waals surface area contributed by atoms with Gasteiger partial charge in [-0.05, 0) is 56.7 Å². The first-order valence-corrected chi connectivity index (χ1v) is 9.10. The van der Waals surface area contributed by atoms with Crippen LogP contribution < -0.4 is 5.49 Å². The molecule has 4 nitrogen and oxygen atoms in total. The number of carbonyl (C=O) groups is 1. The first kappa shape index (κ1) is 16.4. The summed E-state index contributed by atoms with van der Waals surface area (Å²) in [5.74, 6) is 0.134. The molecule has 0 spiro atoms. The third-order valence-corrected chi connectivity index (χ3v) is 4.95. The highest BCUT2D eigenvalue weighted by molar-refractivity contribution is 5.78. The molecule has 1 saturated carbocycles. The molecule has 2 aliphatic rings. The fraction of sp³-hybridized carbons (Fsp3) is 0.684. The minimum absolute atomic E-state index is 0.134. The Hall–Kier alpha value is -1.42. The van der Waals surface area contributed by atoms with Gasteiger partial charge in [-0.3, -0.25) is 14.4 Å². The molecule has 1 saturated heterocycles. The molecule has 23 heavy (non-hydrogen) atoms. The van der Waals surface area contributed by atoms with Crippen LogP contribution in [-0.2, 0) is 4.74 Å². The molecule has 0 aromatic carbocycles. The number of nitrogens with zero attached hydrogens (tertiary/aromatic N) is 2.